The number of halogens is 2. The fourth-order valence-electron chi connectivity index (χ4n) is 2.42. The monoisotopic (exact) mass is 325 g/mol. The molecule has 1 aromatic heterocycles. The van der Waals surface area contributed by atoms with E-state index in [0.29, 0.717) is 18.8 Å². The summed E-state index contributed by atoms with van der Waals surface area (Å²) in [4.78, 5) is 15.4. The predicted molar refractivity (Wildman–Crippen MR) is 81.7 cm³/mol. The quantitative estimate of drug-likeness (QED) is 0.905. The van der Waals surface area contributed by atoms with Crippen LogP contribution in [0.4, 0.5) is 4.39 Å². The van der Waals surface area contributed by atoms with Crippen LogP contribution in [0.5, 0.6) is 0 Å². The molecule has 22 heavy (non-hydrogen) atoms. The number of carbonyl (C=O) groups is 1. The number of nitrogens with zero attached hydrogens (tertiary/aromatic N) is 4. The molecule has 1 saturated heterocycles. The molecule has 0 radical (unpaired) electrons. The summed E-state index contributed by atoms with van der Waals surface area (Å²) < 4.78 is 12.9. The van der Waals surface area contributed by atoms with Crippen molar-refractivity contribution in [3.8, 4) is 5.69 Å². The van der Waals surface area contributed by atoms with Crippen molar-refractivity contribution in [2.75, 3.05) is 13.1 Å². The van der Waals surface area contributed by atoms with Gasteiger partial charge in [-0.15, -0.1) is 17.5 Å². The lowest BCUT2D eigenvalue weighted by molar-refractivity contribution is 0.0702. The maximum atomic E-state index is 12.9. The van der Waals surface area contributed by atoms with E-state index in [2.05, 4.69) is 10.2 Å². The molecule has 0 spiro atoms. The summed E-state index contributed by atoms with van der Waals surface area (Å²) in [5.74, 6) is -0.497. The molecule has 1 fully saturated rings. The van der Waals surface area contributed by atoms with Crippen LogP contribution in [0.1, 0.15) is 23.3 Å². The summed E-state index contributed by atoms with van der Waals surface area (Å²) in [5.41, 5.74) is 6.76. The lowest BCUT2D eigenvalue weighted by Crippen LogP contribution is -2.45. The summed E-state index contributed by atoms with van der Waals surface area (Å²) >= 11 is 0. The summed E-state index contributed by atoms with van der Waals surface area (Å²) in [6, 6.07) is 5.78. The highest BCUT2D eigenvalue weighted by Crippen LogP contribution is 2.12. The number of hydrogen-bond donors (Lipinski definition) is 1. The van der Waals surface area contributed by atoms with Gasteiger partial charge in [-0.05, 0) is 37.1 Å². The molecule has 0 bridgehead atoms. The van der Waals surface area contributed by atoms with Gasteiger partial charge in [-0.1, -0.05) is 0 Å². The zero-order chi connectivity index (χ0) is 14.8. The first-order chi connectivity index (χ1) is 10.1. The van der Waals surface area contributed by atoms with Crippen molar-refractivity contribution in [2.45, 2.75) is 18.9 Å². The lowest BCUT2D eigenvalue weighted by atomic mass is 10.1. The zero-order valence-corrected chi connectivity index (χ0v) is 12.7. The molecule has 2 aromatic rings. The highest BCUT2D eigenvalue weighted by molar-refractivity contribution is 5.92. The summed E-state index contributed by atoms with van der Waals surface area (Å²) in [5, 5.41) is 8.22. The van der Waals surface area contributed by atoms with E-state index in [4.69, 9.17) is 5.73 Å². The predicted octanol–water partition coefficient (Wildman–Crippen LogP) is 1.39. The van der Waals surface area contributed by atoms with Crippen molar-refractivity contribution in [1.82, 2.24) is 19.9 Å². The number of aromatic nitrogens is 3. The first-order valence-corrected chi connectivity index (χ1v) is 6.86. The van der Waals surface area contributed by atoms with Crippen LogP contribution in [0.3, 0.4) is 0 Å². The second-order valence-electron chi connectivity index (χ2n) is 5.15. The van der Waals surface area contributed by atoms with Crippen LogP contribution in [0.2, 0.25) is 0 Å². The maximum absolute atomic E-state index is 12.9. The highest BCUT2D eigenvalue weighted by atomic mass is 35.5. The van der Waals surface area contributed by atoms with Crippen LogP contribution in [0.15, 0.2) is 30.5 Å². The fourth-order valence-corrected chi connectivity index (χ4v) is 2.42. The second-order valence-corrected chi connectivity index (χ2v) is 5.15. The SMILES string of the molecule is Cl.NC1CCCN(C(=O)c2cnn(-c3ccc(F)cc3)n2)C1. The van der Waals surface area contributed by atoms with Crippen molar-refractivity contribution in [3.05, 3.63) is 42.0 Å². The minimum absolute atomic E-state index is 0. The molecule has 1 aromatic carbocycles. The topological polar surface area (TPSA) is 77.0 Å². The van der Waals surface area contributed by atoms with Gasteiger partial charge in [0.05, 0.1) is 11.9 Å². The van der Waals surface area contributed by atoms with Crippen LogP contribution >= 0.6 is 12.4 Å². The van der Waals surface area contributed by atoms with E-state index in [9.17, 15) is 9.18 Å². The van der Waals surface area contributed by atoms with E-state index < -0.39 is 0 Å². The van der Waals surface area contributed by atoms with E-state index in [1.54, 1.807) is 17.0 Å². The fraction of sp³-hybridized carbons (Fsp3) is 0.357. The van der Waals surface area contributed by atoms with Gasteiger partial charge < -0.3 is 10.6 Å². The molecule has 6 nitrogen and oxygen atoms in total. The van der Waals surface area contributed by atoms with Crippen molar-refractivity contribution in [2.24, 2.45) is 5.73 Å². The number of hydrogen-bond acceptors (Lipinski definition) is 4. The summed E-state index contributed by atoms with van der Waals surface area (Å²) in [6.07, 6.45) is 3.26. The molecule has 1 atom stereocenters. The van der Waals surface area contributed by atoms with Crippen LogP contribution in [-0.4, -0.2) is 44.9 Å². The molecule has 3 rings (SSSR count). The average molecular weight is 326 g/mol. The number of benzene rings is 1. The Morgan fingerprint density at radius 2 is 2.05 bits per heavy atom. The smallest absolute Gasteiger partial charge is 0.276 e. The third kappa shape index (κ3) is 3.42. The zero-order valence-electron chi connectivity index (χ0n) is 11.9. The molecule has 2 N–H and O–H groups in total. The molecule has 1 aliphatic heterocycles. The van der Waals surface area contributed by atoms with E-state index in [1.807, 2.05) is 0 Å². The Hall–Kier alpha value is -1.99. The Kier molecular flexibility index (Phi) is 5.10. The van der Waals surface area contributed by atoms with Gasteiger partial charge in [-0.25, -0.2) is 4.39 Å². The standard InChI is InChI=1S/C14H16FN5O.ClH/c15-10-3-5-12(6-4-10)20-17-8-13(18-20)14(21)19-7-1-2-11(16)9-19;/h3-6,8,11H,1-2,7,9,16H2;1H. The van der Waals surface area contributed by atoms with Gasteiger partial charge >= 0.3 is 0 Å². The molecule has 0 saturated carbocycles. The number of nitrogens with two attached hydrogens (primary N) is 1. The van der Waals surface area contributed by atoms with Crippen LogP contribution < -0.4 is 5.73 Å². The van der Waals surface area contributed by atoms with E-state index in [0.717, 1.165) is 12.8 Å². The van der Waals surface area contributed by atoms with Gasteiger partial charge in [0, 0.05) is 19.1 Å². The van der Waals surface area contributed by atoms with Gasteiger partial charge in [0.15, 0.2) is 5.69 Å². The van der Waals surface area contributed by atoms with Crippen LogP contribution in [-0.2, 0) is 0 Å². The van der Waals surface area contributed by atoms with Gasteiger partial charge in [-0.3, -0.25) is 4.79 Å². The number of rotatable bonds is 2. The molecule has 8 heteroatoms. The third-order valence-corrected chi connectivity index (χ3v) is 3.51. The van der Waals surface area contributed by atoms with Crippen LogP contribution in [0, 0.1) is 5.82 Å². The van der Waals surface area contributed by atoms with Gasteiger partial charge in [-0.2, -0.15) is 9.90 Å². The second kappa shape index (κ2) is 6.85. The van der Waals surface area contributed by atoms with Crippen molar-refractivity contribution in [1.29, 1.82) is 0 Å². The highest BCUT2D eigenvalue weighted by Gasteiger charge is 2.24. The number of likely N-dealkylation sites (tertiary alicyclic amines) is 1. The summed E-state index contributed by atoms with van der Waals surface area (Å²) in [7, 11) is 0. The van der Waals surface area contributed by atoms with Gasteiger partial charge in [0.25, 0.3) is 5.91 Å². The Morgan fingerprint density at radius 3 is 2.73 bits per heavy atom. The van der Waals surface area contributed by atoms with Crippen molar-refractivity contribution in [3.63, 3.8) is 0 Å². The van der Waals surface area contributed by atoms with Crippen molar-refractivity contribution < 1.29 is 9.18 Å². The third-order valence-electron chi connectivity index (χ3n) is 3.51. The molecule has 118 valence electrons. The molecule has 2 heterocycles. The number of piperidine rings is 1. The summed E-state index contributed by atoms with van der Waals surface area (Å²) in [6.45, 7) is 1.23. The van der Waals surface area contributed by atoms with Gasteiger partial charge in [0.1, 0.15) is 5.82 Å². The molecular weight excluding hydrogens is 309 g/mol. The average Bonchev–Trinajstić information content (AvgIpc) is 2.97. The minimum atomic E-state index is -0.329. The molecule has 1 aliphatic rings. The molecule has 1 amide bonds. The molecule has 0 aliphatic carbocycles. The number of amides is 1. The Labute approximate surface area is 133 Å². The number of carbonyl (C=O) groups excluding carboxylic acids is 1. The first kappa shape index (κ1) is 16.4. The van der Waals surface area contributed by atoms with E-state index in [-0.39, 0.29) is 35.9 Å². The normalized spacial score (nSPS) is 17.9. The van der Waals surface area contributed by atoms with Gasteiger partial charge in [0.2, 0.25) is 0 Å². The van der Waals surface area contributed by atoms with Crippen LogP contribution in [0.25, 0.3) is 5.69 Å². The Bertz CT molecular complexity index is 645. The van der Waals surface area contributed by atoms with E-state index in [1.165, 1.54) is 23.1 Å². The Morgan fingerprint density at radius 1 is 1.32 bits per heavy atom. The first-order valence-electron chi connectivity index (χ1n) is 6.86. The Balaban J connectivity index is 0.00000176. The molecular formula is C14H17ClFN5O. The van der Waals surface area contributed by atoms with Crippen molar-refractivity contribution >= 4 is 18.3 Å². The lowest BCUT2D eigenvalue weighted by Gasteiger charge is -2.30. The van der Waals surface area contributed by atoms with E-state index >= 15 is 0 Å². The molecule has 1 unspecified atom stereocenters. The minimum Gasteiger partial charge on any atom is -0.336 e. The largest absolute Gasteiger partial charge is 0.336 e. The maximum Gasteiger partial charge on any atom is 0.276 e.